The Morgan fingerprint density at radius 3 is 2.54 bits per heavy atom. The van der Waals surface area contributed by atoms with Crippen LogP contribution in [-0.2, 0) is 11.3 Å². The second kappa shape index (κ2) is 14.4. The maximum absolute atomic E-state index is 13.8. The van der Waals surface area contributed by atoms with Gasteiger partial charge in [0.2, 0.25) is 5.95 Å². The Hall–Kier alpha value is -5.62. The molecule has 48 heavy (non-hydrogen) atoms. The van der Waals surface area contributed by atoms with Gasteiger partial charge in [0.05, 0.1) is 19.8 Å². The first kappa shape index (κ1) is 32.3. The molecule has 0 aliphatic carbocycles. The van der Waals surface area contributed by atoms with E-state index >= 15 is 0 Å². The van der Waals surface area contributed by atoms with Crippen LogP contribution >= 0.6 is 0 Å². The van der Waals surface area contributed by atoms with E-state index in [9.17, 15) is 14.4 Å². The summed E-state index contributed by atoms with van der Waals surface area (Å²) in [6.45, 7) is 9.34. The maximum atomic E-state index is 13.8. The number of aryl methyl sites for hydroxylation is 1. The summed E-state index contributed by atoms with van der Waals surface area (Å²) >= 11 is 0. The van der Waals surface area contributed by atoms with Gasteiger partial charge in [-0.1, -0.05) is 18.2 Å². The third kappa shape index (κ3) is 7.03. The number of hydrogen-bond acceptors (Lipinski definition) is 9. The second-order valence-corrected chi connectivity index (χ2v) is 11.8. The molecule has 0 saturated carbocycles. The smallest absolute Gasteiger partial charge is 0.263 e. The lowest BCUT2D eigenvalue weighted by atomic mass is 10.1. The van der Waals surface area contributed by atoms with Gasteiger partial charge >= 0.3 is 0 Å². The summed E-state index contributed by atoms with van der Waals surface area (Å²) in [4.78, 5) is 55.4. The topological polar surface area (TPSA) is 136 Å². The van der Waals surface area contributed by atoms with Crippen LogP contribution in [0.1, 0.15) is 46.9 Å². The van der Waals surface area contributed by atoms with Crippen molar-refractivity contribution < 1.29 is 9.53 Å². The molecule has 4 aromatic heterocycles. The van der Waals surface area contributed by atoms with Crippen LogP contribution in [0.2, 0.25) is 0 Å². The van der Waals surface area contributed by atoms with E-state index in [0.29, 0.717) is 23.7 Å². The van der Waals surface area contributed by atoms with Crippen molar-refractivity contribution >= 4 is 40.3 Å². The number of morpholine rings is 1. The van der Waals surface area contributed by atoms with E-state index in [0.717, 1.165) is 54.2 Å². The number of nitrogens with one attached hydrogen (secondary N) is 2. The molecule has 1 aliphatic heterocycles. The van der Waals surface area contributed by atoms with Crippen LogP contribution in [0.25, 0.3) is 17.1 Å². The van der Waals surface area contributed by atoms with Crippen LogP contribution in [0, 0.1) is 6.92 Å². The molecule has 5 heterocycles. The summed E-state index contributed by atoms with van der Waals surface area (Å²) in [6.07, 6.45) is 10.1. The van der Waals surface area contributed by atoms with E-state index in [1.807, 2.05) is 39.0 Å². The SMILES string of the molecule is Cc1c(C=CCNC(=O)c2cccn(Cc3cccnc3)c2=O)c(=O)n(C(C)C)c2nc(Nc3ccc(N4CCOCC4)cc3)ncc12. The number of carbonyl (C=O) groups excluding carboxylic acids is 1. The second-order valence-electron chi connectivity index (χ2n) is 11.8. The fourth-order valence-electron chi connectivity index (χ4n) is 5.74. The predicted molar refractivity (Wildman–Crippen MR) is 187 cm³/mol. The van der Waals surface area contributed by atoms with Crippen molar-refractivity contribution in [3.63, 3.8) is 0 Å². The zero-order valence-corrected chi connectivity index (χ0v) is 27.2. The highest BCUT2D eigenvalue weighted by Crippen LogP contribution is 2.24. The molecule has 246 valence electrons. The van der Waals surface area contributed by atoms with E-state index < -0.39 is 11.5 Å². The Morgan fingerprint density at radius 1 is 1.02 bits per heavy atom. The highest BCUT2D eigenvalue weighted by molar-refractivity contribution is 5.94. The minimum atomic E-state index is -0.496. The highest BCUT2D eigenvalue weighted by Gasteiger charge is 2.18. The van der Waals surface area contributed by atoms with Gasteiger partial charge in [-0.05, 0) is 74.4 Å². The molecular formula is C36H38N8O4. The molecule has 1 fully saturated rings. The van der Waals surface area contributed by atoms with E-state index in [4.69, 9.17) is 9.72 Å². The predicted octanol–water partition coefficient (Wildman–Crippen LogP) is 4.31. The van der Waals surface area contributed by atoms with Crippen LogP contribution in [0.3, 0.4) is 0 Å². The molecule has 0 radical (unpaired) electrons. The normalized spacial score (nSPS) is 13.4. The summed E-state index contributed by atoms with van der Waals surface area (Å²) in [5, 5.41) is 6.78. The lowest BCUT2D eigenvalue weighted by molar-refractivity contribution is 0.0956. The molecule has 12 nitrogen and oxygen atoms in total. The molecule has 1 aromatic carbocycles. The Kier molecular flexibility index (Phi) is 9.72. The van der Waals surface area contributed by atoms with Gasteiger partial charge < -0.3 is 24.8 Å². The van der Waals surface area contributed by atoms with Crippen LogP contribution < -0.4 is 26.7 Å². The van der Waals surface area contributed by atoms with Crippen LogP contribution in [0.5, 0.6) is 0 Å². The van der Waals surface area contributed by atoms with Gasteiger partial charge in [0.25, 0.3) is 17.0 Å². The molecule has 5 aromatic rings. The number of aromatic nitrogens is 5. The average Bonchev–Trinajstić information content (AvgIpc) is 3.09. The molecular weight excluding hydrogens is 608 g/mol. The minimum absolute atomic E-state index is 0.0356. The molecule has 6 rings (SSSR count). The molecule has 0 unspecified atom stereocenters. The van der Waals surface area contributed by atoms with Crippen molar-refractivity contribution in [3.8, 4) is 0 Å². The summed E-state index contributed by atoms with van der Waals surface area (Å²) < 4.78 is 8.58. The minimum Gasteiger partial charge on any atom is -0.378 e. The van der Waals surface area contributed by atoms with Gasteiger partial charge in [-0.3, -0.25) is 23.9 Å². The zero-order chi connectivity index (χ0) is 33.6. The van der Waals surface area contributed by atoms with Crippen molar-refractivity contribution in [2.45, 2.75) is 33.4 Å². The number of benzene rings is 1. The third-order valence-corrected chi connectivity index (χ3v) is 8.28. The fourth-order valence-corrected chi connectivity index (χ4v) is 5.74. The largest absolute Gasteiger partial charge is 0.378 e. The van der Waals surface area contributed by atoms with Crippen molar-refractivity contribution in [1.29, 1.82) is 0 Å². The van der Waals surface area contributed by atoms with Crippen molar-refractivity contribution in [3.05, 3.63) is 122 Å². The van der Waals surface area contributed by atoms with Crippen LogP contribution in [-0.4, -0.2) is 62.8 Å². The molecule has 1 amide bonds. The molecule has 2 N–H and O–H groups in total. The van der Waals surface area contributed by atoms with Crippen molar-refractivity contribution in [2.75, 3.05) is 43.1 Å². The Balaban J connectivity index is 1.18. The summed E-state index contributed by atoms with van der Waals surface area (Å²) in [6, 6.07) is 14.8. The lowest BCUT2D eigenvalue weighted by Crippen LogP contribution is -2.36. The number of fused-ring (bicyclic) bond motifs is 1. The first-order valence-electron chi connectivity index (χ1n) is 15.9. The molecule has 1 saturated heterocycles. The first-order chi connectivity index (χ1) is 23.3. The number of rotatable bonds is 10. The molecule has 12 heteroatoms. The van der Waals surface area contributed by atoms with Crippen molar-refractivity contribution in [2.24, 2.45) is 0 Å². The van der Waals surface area contributed by atoms with E-state index in [1.54, 1.807) is 53.6 Å². The zero-order valence-electron chi connectivity index (χ0n) is 27.2. The summed E-state index contributed by atoms with van der Waals surface area (Å²) in [5.74, 6) is -0.106. The molecule has 0 spiro atoms. The summed E-state index contributed by atoms with van der Waals surface area (Å²) in [5.41, 5.74) is 4.01. The molecule has 0 bridgehead atoms. The fraction of sp³-hybridized carbons (Fsp3) is 0.278. The van der Waals surface area contributed by atoms with Gasteiger partial charge in [0.1, 0.15) is 11.2 Å². The van der Waals surface area contributed by atoms with Crippen LogP contribution in [0.15, 0.2) is 89.0 Å². The third-order valence-electron chi connectivity index (χ3n) is 8.28. The average molecular weight is 647 g/mol. The Morgan fingerprint density at radius 2 is 1.81 bits per heavy atom. The maximum Gasteiger partial charge on any atom is 0.263 e. The van der Waals surface area contributed by atoms with E-state index in [-0.39, 0.29) is 23.7 Å². The van der Waals surface area contributed by atoms with Gasteiger partial charge in [0.15, 0.2) is 0 Å². The van der Waals surface area contributed by atoms with Crippen molar-refractivity contribution in [1.82, 2.24) is 29.4 Å². The van der Waals surface area contributed by atoms with Gasteiger partial charge in [-0.15, -0.1) is 0 Å². The van der Waals surface area contributed by atoms with E-state index in [2.05, 4.69) is 37.6 Å². The van der Waals surface area contributed by atoms with Gasteiger partial charge in [0, 0.05) is 72.8 Å². The monoisotopic (exact) mass is 646 g/mol. The lowest BCUT2D eigenvalue weighted by Gasteiger charge is -2.28. The number of nitrogens with zero attached hydrogens (tertiary/aromatic N) is 6. The first-order valence-corrected chi connectivity index (χ1v) is 15.9. The van der Waals surface area contributed by atoms with Gasteiger partial charge in [-0.25, -0.2) is 4.98 Å². The number of hydrogen-bond donors (Lipinski definition) is 2. The Bertz CT molecular complexity index is 2070. The number of amides is 1. The van der Waals surface area contributed by atoms with Gasteiger partial charge in [-0.2, -0.15) is 4.98 Å². The highest BCUT2D eigenvalue weighted by atomic mass is 16.5. The number of carbonyl (C=O) groups is 1. The number of anilines is 3. The molecule has 1 aliphatic rings. The molecule has 0 atom stereocenters. The Labute approximate surface area is 277 Å². The summed E-state index contributed by atoms with van der Waals surface area (Å²) in [7, 11) is 0. The number of ether oxygens (including phenoxy) is 1. The standard InChI is InChI=1S/C36H38N8O4/c1-24(2)44-32-31(22-39-36(41-32)40-27-10-12-28(13-11-27)42-17-19-48-20-18-42)25(3)29(35(44)47)8-5-15-38-33(45)30-9-6-16-43(34(30)46)23-26-7-4-14-37-21-26/h4-14,16,21-22,24H,15,17-20,23H2,1-3H3,(H,38,45)(H,39,40,41). The van der Waals surface area contributed by atoms with Crippen LogP contribution in [0.4, 0.5) is 17.3 Å². The van der Waals surface area contributed by atoms with E-state index in [1.165, 1.54) is 10.6 Å². The quantitative estimate of drug-likeness (QED) is 0.228. The number of pyridine rings is 3.